The largest absolute Gasteiger partial charge is 0.490 e. The quantitative estimate of drug-likeness (QED) is 0.419. The van der Waals surface area contributed by atoms with Gasteiger partial charge in [-0.2, -0.15) is 0 Å². The van der Waals surface area contributed by atoms with E-state index in [9.17, 15) is 9.59 Å². The van der Waals surface area contributed by atoms with Crippen LogP contribution in [0.2, 0.25) is 5.02 Å². The molecule has 0 radical (unpaired) electrons. The molecule has 1 atom stereocenters. The molecule has 1 unspecified atom stereocenters. The van der Waals surface area contributed by atoms with Gasteiger partial charge in [0, 0.05) is 17.4 Å². The fourth-order valence-electron chi connectivity index (χ4n) is 3.78. The van der Waals surface area contributed by atoms with Gasteiger partial charge in [-0.05, 0) is 42.0 Å². The monoisotopic (exact) mass is 445 g/mol. The van der Waals surface area contributed by atoms with Crippen molar-refractivity contribution in [1.29, 1.82) is 0 Å². The summed E-state index contributed by atoms with van der Waals surface area (Å²) in [5.41, 5.74) is 0.864. The van der Waals surface area contributed by atoms with Crippen molar-refractivity contribution >= 4 is 34.4 Å². The van der Waals surface area contributed by atoms with Gasteiger partial charge >= 0.3 is 0 Å². The number of nitrogens with zero attached hydrogens (tertiary/aromatic N) is 3. The number of hydrogen-bond acceptors (Lipinski definition) is 6. The Morgan fingerprint density at radius 3 is 2.59 bits per heavy atom. The SMILES string of the molecule is C=CCOc1ccc(C2c3c(oc4ccc(Cl)cc4c3=O)C(=O)N2c2ncccn2)cc1. The second-order valence-electron chi connectivity index (χ2n) is 7.11. The minimum atomic E-state index is -0.770. The van der Waals surface area contributed by atoms with Gasteiger partial charge in [0.1, 0.15) is 17.9 Å². The fourth-order valence-corrected chi connectivity index (χ4v) is 3.96. The molecule has 0 aliphatic carbocycles. The number of aromatic nitrogens is 2. The van der Waals surface area contributed by atoms with E-state index >= 15 is 0 Å². The summed E-state index contributed by atoms with van der Waals surface area (Å²) in [4.78, 5) is 36.8. The average molecular weight is 446 g/mol. The maximum atomic E-state index is 13.5. The highest BCUT2D eigenvalue weighted by atomic mass is 35.5. The number of benzene rings is 2. The van der Waals surface area contributed by atoms with Crippen LogP contribution in [-0.2, 0) is 0 Å². The molecular formula is C24H16ClN3O4. The van der Waals surface area contributed by atoms with Crippen LogP contribution in [0, 0.1) is 0 Å². The summed E-state index contributed by atoms with van der Waals surface area (Å²) in [6.45, 7) is 4.00. The molecular weight excluding hydrogens is 430 g/mol. The van der Waals surface area contributed by atoms with Crippen LogP contribution in [0.4, 0.5) is 5.95 Å². The first-order valence-electron chi connectivity index (χ1n) is 9.79. The summed E-state index contributed by atoms with van der Waals surface area (Å²) >= 11 is 6.11. The molecule has 8 heteroatoms. The molecule has 4 aromatic rings. The second kappa shape index (κ2) is 7.94. The van der Waals surface area contributed by atoms with Gasteiger partial charge in [-0.1, -0.05) is 36.4 Å². The highest BCUT2D eigenvalue weighted by molar-refractivity contribution is 6.31. The first-order valence-corrected chi connectivity index (χ1v) is 10.2. The van der Waals surface area contributed by atoms with Crippen molar-refractivity contribution in [1.82, 2.24) is 9.97 Å². The number of rotatable bonds is 5. The van der Waals surface area contributed by atoms with Crippen LogP contribution in [0.25, 0.3) is 11.0 Å². The zero-order valence-corrected chi connectivity index (χ0v) is 17.5. The predicted molar refractivity (Wildman–Crippen MR) is 120 cm³/mol. The van der Waals surface area contributed by atoms with Crippen molar-refractivity contribution in [2.75, 3.05) is 11.5 Å². The van der Waals surface area contributed by atoms with Crippen molar-refractivity contribution < 1.29 is 13.9 Å². The van der Waals surface area contributed by atoms with Gasteiger partial charge in [-0.3, -0.25) is 14.5 Å². The molecule has 5 rings (SSSR count). The van der Waals surface area contributed by atoms with E-state index in [0.29, 0.717) is 28.3 Å². The van der Waals surface area contributed by atoms with Crippen LogP contribution >= 0.6 is 11.6 Å². The highest BCUT2D eigenvalue weighted by Gasteiger charge is 2.44. The summed E-state index contributed by atoms with van der Waals surface area (Å²) in [5.74, 6) is 0.284. The Kier molecular flexibility index (Phi) is 4.95. The summed E-state index contributed by atoms with van der Waals surface area (Å²) in [6.07, 6.45) is 4.72. The molecule has 1 aliphatic heterocycles. The van der Waals surface area contributed by atoms with Crippen LogP contribution in [0.15, 0.2) is 82.8 Å². The first-order chi connectivity index (χ1) is 15.6. The lowest BCUT2D eigenvalue weighted by Crippen LogP contribution is -2.31. The zero-order valence-electron chi connectivity index (χ0n) is 16.7. The van der Waals surface area contributed by atoms with Gasteiger partial charge in [-0.15, -0.1) is 0 Å². The van der Waals surface area contributed by atoms with Gasteiger partial charge in [0.15, 0.2) is 5.43 Å². The maximum Gasteiger partial charge on any atom is 0.297 e. The van der Waals surface area contributed by atoms with Gasteiger partial charge in [0.05, 0.1) is 17.0 Å². The Bertz CT molecular complexity index is 1400. The van der Waals surface area contributed by atoms with Gasteiger partial charge in [0.2, 0.25) is 11.7 Å². The molecule has 0 N–H and O–H groups in total. The third-order valence-corrected chi connectivity index (χ3v) is 5.40. The number of fused-ring (bicyclic) bond motifs is 2. The lowest BCUT2D eigenvalue weighted by atomic mass is 9.98. The summed E-state index contributed by atoms with van der Waals surface area (Å²) in [5, 5.41) is 0.702. The molecule has 2 aromatic carbocycles. The van der Waals surface area contributed by atoms with Crippen LogP contribution in [0.3, 0.4) is 0 Å². The molecule has 0 fully saturated rings. The second-order valence-corrected chi connectivity index (χ2v) is 7.55. The molecule has 0 bridgehead atoms. The van der Waals surface area contributed by atoms with Gasteiger partial charge < -0.3 is 9.15 Å². The Labute approximate surface area is 187 Å². The van der Waals surface area contributed by atoms with Crippen molar-refractivity contribution in [3.05, 3.63) is 106 Å². The number of halogens is 1. The van der Waals surface area contributed by atoms with E-state index in [1.54, 1.807) is 54.6 Å². The molecule has 1 aliphatic rings. The number of carbonyl (C=O) groups excluding carboxylic acids is 1. The molecule has 32 heavy (non-hydrogen) atoms. The fraction of sp³-hybridized carbons (Fsp3) is 0.0833. The number of anilines is 1. The third kappa shape index (κ3) is 3.23. The third-order valence-electron chi connectivity index (χ3n) is 5.16. The summed E-state index contributed by atoms with van der Waals surface area (Å²) in [6, 6.07) is 12.7. The molecule has 2 aromatic heterocycles. The van der Waals surface area contributed by atoms with E-state index < -0.39 is 11.9 Å². The minimum Gasteiger partial charge on any atom is -0.490 e. The molecule has 3 heterocycles. The number of amides is 1. The predicted octanol–water partition coefficient (Wildman–Crippen LogP) is 4.55. The van der Waals surface area contributed by atoms with Crippen molar-refractivity contribution in [2.24, 2.45) is 0 Å². The van der Waals surface area contributed by atoms with Crippen molar-refractivity contribution in [3.8, 4) is 5.75 Å². The molecule has 0 saturated carbocycles. The maximum absolute atomic E-state index is 13.5. The lowest BCUT2D eigenvalue weighted by Gasteiger charge is -2.23. The molecule has 0 saturated heterocycles. The van der Waals surface area contributed by atoms with Crippen molar-refractivity contribution in [2.45, 2.75) is 6.04 Å². The van der Waals surface area contributed by atoms with E-state index in [1.807, 2.05) is 0 Å². The standard InChI is InChI=1S/C24H16ClN3O4/c1-2-12-31-16-7-4-14(5-8-16)20-19-21(29)17-13-15(25)6-9-18(17)32-22(19)23(30)28(20)24-26-10-3-11-27-24/h2-11,13,20H,1,12H2. The van der Waals surface area contributed by atoms with E-state index in [1.165, 1.54) is 17.3 Å². The molecule has 158 valence electrons. The zero-order chi connectivity index (χ0) is 22.2. The van der Waals surface area contributed by atoms with Gasteiger partial charge in [-0.25, -0.2) is 9.97 Å². The topological polar surface area (TPSA) is 85.5 Å². The van der Waals surface area contributed by atoms with E-state index in [0.717, 1.165) is 0 Å². The lowest BCUT2D eigenvalue weighted by molar-refractivity contribution is 0.0969. The van der Waals surface area contributed by atoms with Crippen LogP contribution in [0.5, 0.6) is 5.75 Å². The van der Waals surface area contributed by atoms with Crippen molar-refractivity contribution in [3.63, 3.8) is 0 Å². The van der Waals surface area contributed by atoms with E-state index in [-0.39, 0.29) is 28.3 Å². The van der Waals surface area contributed by atoms with Crippen LogP contribution in [0.1, 0.15) is 27.7 Å². The number of hydrogen-bond donors (Lipinski definition) is 0. The molecule has 7 nitrogen and oxygen atoms in total. The summed E-state index contributed by atoms with van der Waals surface area (Å²) in [7, 11) is 0. The normalized spacial score (nSPS) is 15.1. The molecule has 0 spiro atoms. The Balaban J connectivity index is 1.73. The van der Waals surface area contributed by atoms with Crippen LogP contribution < -0.4 is 15.1 Å². The van der Waals surface area contributed by atoms with Gasteiger partial charge in [0.25, 0.3) is 5.91 Å². The first kappa shape index (κ1) is 20.0. The Hall–Kier alpha value is -3.97. The van der Waals surface area contributed by atoms with E-state index in [4.69, 9.17) is 20.8 Å². The van der Waals surface area contributed by atoms with Crippen LogP contribution in [-0.4, -0.2) is 22.5 Å². The summed E-state index contributed by atoms with van der Waals surface area (Å²) < 4.78 is 11.4. The smallest absolute Gasteiger partial charge is 0.297 e. The average Bonchev–Trinajstić information content (AvgIpc) is 3.11. The number of ether oxygens (including phenoxy) is 1. The van der Waals surface area contributed by atoms with E-state index in [2.05, 4.69) is 16.5 Å². The Morgan fingerprint density at radius 1 is 1.12 bits per heavy atom. The minimum absolute atomic E-state index is 0.0331. The highest BCUT2D eigenvalue weighted by Crippen LogP contribution is 2.40. The molecule has 1 amide bonds. The Morgan fingerprint density at radius 2 is 1.88 bits per heavy atom. The number of carbonyl (C=O) groups is 1.